The molecule has 0 heterocycles. The Kier molecular flexibility index (Phi) is 4.66. The summed E-state index contributed by atoms with van der Waals surface area (Å²) < 4.78 is 17.9. The molecule has 0 unspecified atom stereocenters. The third-order valence-corrected chi connectivity index (χ3v) is 2.70. The van der Waals surface area contributed by atoms with Crippen LogP contribution in [0.3, 0.4) is 0 Å². The third-order valence-electron chi connectivity index (χ3n) is 2.70. The summed E-state index contributed by atoms with van der Waals surface area (Å²) in [4.78, 5) is 23.4. The molecule has 2 aromatic rings. The molecule has 0 fully saturated rings. The molecule has 0 aliphatic heterocycles. The topological polar surface area (TPSA) is 55.4 Å². The number of hydrogen-bond donors (Lipinski definition) is 1. The van der Waals surface area contributed by atoms with Gasteiger partial charge in [-0.2, -0.15) is 0 Å². The Morgan fingerprint density at radius 3 is 2.62 bits per heavy atom. The molecule has 1 N–H and O–H groups in total. The lowest BCUT2D eigenvalue weighted by molar-refractivity contribution is -0.119. The second-order valence-electron chi connectivity index (χ2n) is 4.50. The zero-order valence-corrected chi connectivity index (χ0v) is 11.4. The van der Waals surface area contributed by atoms with Crippen LogP contribution in [0.5, 0.6) is 0 Å². The van der Waals surface area contributed by atoms with Gasteiger partial charge in [-0.1, -0.05) is 23.8 Å². The highest BCUT2D eigenvalue weighted by molar-refractivity contribution is 5.95. The molecule has 21 heavy (non-hydrogen) atoms. The van der Waals surface area contributed by atoms with E-state index in [1.165, 1.54) is 18.2 Å². The minimum atomic E-state index is -0.576. The highest BCUT2D eigenvalue weighted by Crippen LogP contribution is 2.09. The van der Waals surface area contributed by atoms with Crippen LogP contribution in [-0.2, 0) is 9.53 Å². The zero-order chi connectivity index (χ0) is 15.2. The van der Waals surface area contributed by atoms with E-state index in [1.54, 1.807) is 24.3 Å². The molecule has 0 radical (unpaired) electrons. The number of halogens is 1. The normalized spacial score (nSPS) is 10.0. The van der Waals surface area contributed by atoms with Crippen molar-refractivity contribution in [2.24, 2.45) is 0 Å². The lowest BCUT2D eigenvalue weighted by atomic mass is 10.1. The van der Waals surface area contributed by atoms with Crippen LogP contribution in [0.15, 0.2) is 48.5 Å². The Balaban J connectivity index is 1.88. The quantitative estimate of drug-likeness (QED) is 0.880. The number of esters is 1. The molecule has 0 aromatic heterocycles. The van der Waals surface area contributed by atoms with Gasteiger partial charge in [-0.05, 0) is 37.3 Å². The molecule has 0 aliphatic carbocycles. The molecular formula is C16H14FNO3. The summed E-state index contributed by atoms with van der Waals surface area (Å²) in [5, 5.41) is 2.44. The van der Waals surface area contributed by atoms with Crippen molar-refractivity contribution in [2.75, 3.05) is 11.9 Å². The first-order chi connectivity index (χ1) is 10.0. The largest absolute Gasteiger partial charge is 0.452 e. The summed E-state index contributed by atoms with van der Waals surface area (Å²) in [7, 11) is 0. The van der Waals surface area contributed by atoms with Crippen molar-refractivity contribution in [1.29, 1.82) is 0 Å². The fourth-order valence-corrected chi connectivity index (χ4v) is 1.75. The Morgan fingerprint density at radius 1 is 1.14 bits per heavy atom. The molecule has 0 saturated carbocycles. The average molecular weight is 287 g/mol. The van der Waals surface area contributed by atoms with Gasteiger partial charge in [-0.25, -0.2) is 9.18 Å². The van der Waals surface area contributed by atoms with Crippen LogP contribution in [0.2, 0.25) is 0 Å². The van der Waals surface area contributed by atoms with Crippen LogP contribution in [0.4, 0.5) is 10.1 Å². The SMILES string of the molecule is Cc1cccc(C(=O)OCC(=O)Nc2cccc(F)c2)c1. The minimum Gasteiger partial charge on any atom is -0.452 e. The van der Waals surface area contributed by atoms with Gasteiger partial charge < -0.3 is 10.1 Å². The van der Waals surface area contributed by atoms with Crippen LogP contribution in [0.1, 0.15) is 15.9 Å². The van der Waals surface area contributed by atoms with Crippen molar-refractivity contribution in [3.05, 3.63) is 65.5 Å². The number of carbonyl (C=O) groups excluding carboxylic acids is 2. The van der Waals surface area contributed by atoms with Crippen LogP contribution in [-0.4, -0.2) is 18.5 Å². The minimum absolute atomic E-state index is 0.312. The van der Waals surface area contributed by atoms with Crippen molar-refractivity contribution < 1.29 is 18.7 Å². The molecule has 2 rings (SSSR count). The molecule has 4 nitrogen and oxygen atoms in total. The van der Waals surface area contributed by atoms with Gasteiger partial charge >= 0.3 is 5.97 Å². The van der Waals surface area contributed by atoms with Crippen LogP contribution in [0, 0.1) is 12.7 Å². The molecule has 0 bridgehead atoms. The Labute approximate surface area is 121 Å². The molecule has 0 aliphatic rings. The highest BCUT2D eigenvalue weighted by atomic mass is 19.1. The van der Waals surface area contributed by atoms with Gasteiger partial charge in [0.2, 0.25) is 0 Å². The molecule has 108 valence electrons. The fraction of sp³-hybridized carbons (Fsp3) is 0.125. The zero-order valence-electron chi connectivity index (χ0n) is 11.4. The molecule has 5 heteroatoms. The molecule has 0 spiro atoms. The van der Waals surface area contributed by atoms with E-state index in [-0.39, 0.29) is 0 Å². The smallest absolute Gasteiger partial charge is 0.338 e. The average Bonchev–Trinajstić information content (AvgIpc) is 2.45. The predicted molar refractivity (Wildman–Crippen MR) is 76.5 cm³/mol. The molecule has 2 aromatic carbocycles. The van der Waals surface area contributed by atoms with Crippen molar-refractivity contribution in [1.82, 2.24) is 0 Å². The van der Waals surface area contributed by atoms with Crippen LogP contribution < -0.4 is 5.32 Å². The van der Waals surface area contributed by atoms with Crippen LogP contribution in [0.25, 0.3) is 0 Å². The summed E-state index contributed by atoms with van der Waals surface area (Å²) in [5.41, 5.74) is 1.62. The first-order valence-electron chi connectivity index (χ1n) is 6.34. The summed E-state index contributed by atoms with van der Waals surface area (Å²) in [6, 6.07) is 12.3. The van der Waals surface area contributed by atoms with Gasteiger partial charge in [0.15, 0.2) is 6.61 Å². The van der Waals surface area contributed by atoms with Crippen molar-refractivity contribution in [3.8, 4) is 0 Å². The number of aryl methyl sites for hydroxylation is 1. The van der Waals surface area contributed by atoms with Gasteiger partial charge in [0.05, 0.1) is 5.56 Å². The van der Waals surface area contributed by atoms with Crippen molar-refractivity contribution in [3.63, 3.8) is 0 Å². The van der Waals surface area contributed by atoms with E-state index in [0.717, 1.165) is 5.56 Å². The van der Waals surface area contributed by atoms with Crippen LogP contribution >= 0.6 is 0 Å². The summed E-state index contributed by atoms with van der Waals surface area (Å²) >= 11 is 0. The molecule has 1 amide bonds. The van der Waals surface area contributed by atoms with Gasteiger partial charge in [0.1, 0.15) is 5.82 Å². The number of rotatable bonds is 4. The van der Waals surface area contributed by atoms with E-state index >= 15 is 0 Å². The predicted octanol–water partition coefficient (Wildman–Crippen LogP) is 2.93. The van der Waals surface area contributed by atoms with E-state index in [0.29, 0.717) is 11.3 Å². The standard InChI is InChI=1S/C16H14FNO3/c1-11-4-2-5-12(8-11)16(20)21-10-15(19)18-14-7-3-6-13(17)9-14/h2-9H,10H2,1H3,(H,18,19). The second-order valence-corrected chi connectivity index (χ2v) is 4.50. The molecule has 0 atom stereocenters. The first-order valence-corrected chi connectivity index (χ1v) is 6.34. The van der Waals surface area contributed by atoms with E-state index in [9.17, 15) is 14.0 Å². The number of ether oxygens (including phenoxy) is 1. The fourth-order valence-electron chi connectivity index (χ4n) is 1.75. The lowest BCUT2D eigenvalue weighted by Crippen LogP contribution is -2.21. The number of hydrogen-bond acceptors (Lipinski definition) is 3. The summed E-state index contributed by atoms with van der Waals surface area (Å²) in [6.45, 7) is 1.43. The Bertz CT molecular complexity index is 670. The molecule has 0 saturated heterocycles. The number of benzene rings is 2. The van der Waals surface area contributed by atoms with Crippen molar-refractivity contribution in [2.45, 2.75) is 6.92 Å². The van der Waals surface area contributed by atoms with Gasteiger partial charge in [-0.15, -0.1) is 0 Å². The highest BCUT2D eigenvalue weighted by Gasteiger charge is 2.10. The van der Waals surface area contributed by atoms with Gasteiger partial charge in [0, 0.05) is 5.69 Å². The maximum atomic E-state index is 13.0. The van der Waals surface area contributed by atoms with E-state index in [2.05, 4.69) is 5.32 Å². The number of anilines is 1. The summed E-state index contributed by atoms with van der Waals surface area (Å²) in [5.74, 6) is -1.56. The summed E-state index contributed by atoms with van der Waals surface area (Å²) in [6.07, 6.45) is 0. The molecular weight excluding hydrogens is 273 g/mol. The Morgan fingerprint density at radius 2 is 1.90 bits per heavy atom. The van der Waals surface area contributed by atoms with Crippen molar-refractivity contribution >= 4 is 17.6 Å². The first kappa shape index (κ1) is 14.7. The van der Waals surface area contributed by atoms with E-state index in [4.69, 9.17) is 4.74 Å². The maximum absolute atomic E-state index is 13.0. The maximum Gasteiger partial charge on any atom is 0.338 e. The van der Waals surface area contributed by atoms with E-state index < -0.39 is 24.3 Å². The second kappa shape index (κ2) is 6.65. The van der Waals surface area contributed by atoms with E-state index in [1.807, 2.05) is 13.0 Å². The monoisotopic (exact) mass is 287 g/mol. The number of carbonyl (C=O) groups is 2. The lowest BCUT2D eigenvalue weighted by Gasteiger charge is -2.07. The van der Waals surface area contributed by atoms with Gasteiger partial charge in [0.25, 0.3) is 5.91 Å². The van der Waals surface area contributed by atoms with Gasteiger partial charge in [-0.3, -0.25) is 4.79 Å². The third kappa shape index (κ3) is 4.42. The Hall–Kier alpha value is -2.69. The number of nitrogens with one attached hydrogen (secondary N) is 1. The number of amides is 1.